The maximum absolute atomic E-state index is 12.1. The van der Waals surface area contributed by atoms with Crippen molar-refractivity contribution < 1.29 is 13.3 Å². The highest BCUT2D eigenvalue weighted by molar-refractivity contribution is 7.93. The molecule has 138 valence electrons. The van der Waals surface area contributed by atoms with Crippen molar-refractivity contribution in [3.63, 3.8) is 0 Å². The standard InChI is InChI=1S/C16H15N3O4S.CH5N/c1-17-16(14-5-3-2-4-6-14)18-24(22,23)12-11-13-7-9-15(10-8-13)19(20)21;1-2/h2-12H,1H3,(H,17,18);2H2,1H3. The minimum Gasteiger partial charge on any atom is -0.333 e. The molecule has 0 bridgehead atoms. The van der Waals surface area contributed by atoms with E-state index in [0.717, 1.165) is 5.41 Å². The molecule has 0 amide bonds. The Bertz CT molecular complexity index is 877. The molecule has 0 radical (unpaired) electrons. The van der Waals surface area contributed by atoms with Crippen LogP contribution in [0.25, 0.3) is 6.08 Å². The maximum Gasteiger partial charge on any atom is 0.269 e. The van der Waals surface area contributed by atoms with Gasteiger partial charge in [-0.05, 0) is 30.8 Å². The third kappa shape index (κ3) is 6.46. The van der Waals surface area contributed by atoms with E-state index in [0.29, 0.717) is 11.1 Å². The van der Waals surface area contributed by atoms with Crippen molar-refractivity contribution in [2.45, 2.75) is 0 Å². The molecule has 0 saturated carbocycles. The number of nitrogens with zero attached hydrogens (tertiary/aromatic N) is 2. The van der Waals surface area contributed by atoms with Gasteiger partial charge in [0.1, 0.15) is 5.84 Å². The SMILES string of the molecule is CN.CN=C(NS(=O)(=O)C=Cc1ccc([N+](=O)[O-])cc1)c1ccccc1. The van der Waals surface area contributed by atoms with Crippen LogP contribution in [0.4, 0.5) is 5.69 Å². The number of nitro groups is 1. The number of hydrogen-bond acceptors (Lipinski definition) is 6. The number of aliphatic imine (C=N–C) groups is 1. The molecular weight excluding hydrogens is 356 g/mol. The fraction of sp³-hybridized carbons (Fsp3) is 0.118. The minimum atomic E-state index is -3.76. The molecule has 0 atom stereocenters. The number of hydrogen-bond donors (Lipinski definition) is 2. The molecule has 0 heterocycles. The van der Waals surface area contributed by atoms with Crippen LogP contribution < -0.4 is 10.5 Å². The van der Waals surface area contributed by atoms with Crippen molar-refractivity contribution in [2.24, 2.45) is 10.7 Å². The molecule has 8 nitrogen and oxygen atoms in total. The summed E-state index contributed by atoms with van der Waals surface area (Å²) in [6.07, 6.45) is 1.35. The molecule has 0 spiro atoms. The van der Waals surface area contributed by atoms with Gasteiger partial charge in [-0.15, -0.1) is 0 Å². The second kappa shape index (κ2) is 10.1. The Hall–Kier alpha value is -3.04. The zero-order chi connectivity index (χ0) is 19.6. The zero-order valence-electron chi connectivity index (χ0n) is 14.4. The van der Waals surface area contributed by atoms with Crippen LogP contribution in [0, 0.1) is 10.1 Å². The monoisotopic (exact) mass is 376 g/mol. The smallest absolute Gasteiger partial charge is 0.269 e. The summed E-state index contributed by atoms with van der Waals surface area (Å²) < 4.78 is 26.7. The topological polar surface area (TPSA) is 128 Å². The molecule has 0 unspecified atom stereocenters. The van der Waals surface area contributed by atoms with Crippen molar-refractivity contribution >= 4 is 27.6 Å². The molecule has 0 aliphatic heterocycles. The fourth-order valence-corrected chi connectivity index (χ4v) is 2.76. The van der Waals surface area contributed by atoms with Crippen LogP contribution in [0.1, 0.15) is 11.1 Å². The lowest BCUT2D eigenvalue weighted by Crippen LogP contribution is -2.29. The average Bonchev–Trinajstić information content (AvgIpc) is 2.67. The van der Waals surface area contributed by atoms with Crippen LogP contribution in [0.3, 0.4) is 0 Å². The van der Waals surface area contributed by atoms with Gasteiger partial charge in [-0.2, -0.15) is 0 Å². The van der Waals surface area contributed by atoms with Gasteiger partial charge in [0.05, 0.1) is 10.3 Å². The molecule has 0 aliphatic carbocycles. The van der Waals surface area contributed by atoms with E-state index in [1.54, 1.807) is 24.3 Å². The number of benzene rings is 2. The van der Waals surface area contributed by atoms with Crippen molar-refractivity contribution in [1.29, 1.82) is 0 Å². The van der Waals surface area contributed by atoms with Crippen molar-refractivity contribution in [1.82, 2.24) is 4.72 Å². The number of sulfonamides is 1. The normalized spacial score (nSPS) is 11.6. The summed E-state index contributed by atoms with van der Waals surface area (Å²) in [5.74, 6) is 0.226. The van der Waals surface area contributed by atoms with E-state index >= 15 is 0 Å². The Kier molecular flexibility index (Phi) is 8.13. The molecular formula is C17H20N4O4S. The lowest BCUT2D eigenvalue weighted by Gasteiger charge is -2.07. The number of rotatable bonds is 5. The van der Waals surface area contributed by atoms with Crippen molar-refractivity contribution in [3.05, 3.63) is 81.2 Å². The predicted molar refractivity (Wildman–Crippen MR) is 103 cm³/mol. The molecule has 3 N–H and O–H groups in total. The number of nitrogens with two attached hydrogens (primary N) is 1. The molecule has 9 heteroatoms. The van der Waals surface area contributed by atoms with E-state index in [-0.39, 0.29) is 11.5 Å². The first-order valence-electron chi connectivity index (χ1n) is 7.46. The van der Waals surface area contributed by atoms with Gasteiger partial charge in [-0.25, -0.2) is 8.42 Å². The Morgan fingerprint density at radius 1 is 1.12 bits per heavy atom. The molecule has 0 fully saturated rings. The summed E-state index contributed by atoms with van der Waals surface area (Å²) in [4.78, 5) is 14.0. The third-order valence-electron chi connectivity index (χ3n) is 3.05. The molecule has 26 heavy (non-hydrogen) atoms. The third-order valence-corrected chi connectivity index (χ3v) is 4.03. The highest BCUT2D eigenvalue weighted by Gasteiger charge is 2.11. The highest BCUT2D eigenvalue weighted by atomic mass is 32.2. The quantitative estimate of drug-likeness (QED) is 0.358. The Morgan fingerprint density at radius 2 is 1.69 bits per heavy atom. The lowest BCUT2D eigenvalue weighted by atomic mass is 10.2. The molecule has 0 saturated heterocycles. The first-order chi connectivity index (χ1) is 12.4. The van der Waals surface area contributed by atoms with Crippen LogP contribution in [0.15, 0.2) is 65.0 Å². The molecule has 0 aromatic heterocycles. The van der Waals surface area contributed by atoms with Crippen molar-refractivity contribution in [2.75, 3.05) is 14.1 Å². The van der Waals surface area contributed by atoms with Gasteiger partial charge in [0.15, 0.2) is 0 Å². The first kappa shape index (κ1) is 21.0. The molecule has 2 aromatic rings. The van der Waals surface area contributed by atoms with Crippen molar-refractivity contribution in [3.8, 4) is 0 Å². The Morgan fingerprint density at radius 3 is 2.19 bits per heavy atom. The minimum absolute atomic E-state index is 0.0578. The number of nitrogens with one attached hydrogen (secondary N) is 1. The maximum atomic E-state index is 12.1. The lowest BCUT2D eigenvalue weighted by molar-refractivity contribution is -0.384. The van der Waals surface area contributed by atoms with Gasteiger partial charge in [-0.3, -0.25) is 19.8 Å². The number of amidine groups is 1. The highest BCUT2D eigenvalue weighted by Crippen LogP contribution is 2.13. The van der Waals surface area contributed by atoms with Crippen LogP contribution in [0.5, 0.6) is 0 Å². The van der Waals surface area contributed by atoms with E-state index in [2.05, 4.69) is 15.4 Å². The van der Waals surface area contributed by atoms with Gasteiger partial charge < -0.3 is 5.73 Å². The Balaban J connectivity index is 0.00000163. The van der Waals surface area contributed by atoms with E-state index < -0.39 is 14.9 Å². The molecule has 2 aromatic carbocycles. The van der Waals surface area contributed by atoms with Gasteiger partial charge in [0, 0.05) is 24.7 Å². The summed E-state index contributed by atoms with van der Waals surface area (Å²) >= 11 is 0. The summed E-state index contributed by atoms with van der Waals surface area (Å²) in [7, 11) is -0.770. The summed E-state index contributed by atoms with van der Waals surface area (Å²) in [6, 6.07) is 14.4. The van der Waals surface area contributed by atoms with E-state index in [1.165, 1.54) is 44.4 Å². The van der Waals surface area contributed by atoms with E-state index in [1.807, 2.05) is 6.07 Å². The van der Waals surface area contributed by atoms with Gasteiger partial charge in [0.25, 0.3) is 15.7 Å². The van der Waals surface area contributed by atoms with Gasteiger partial charge in [0.2, 0.25) is 0 Å². The van der Waals surface area contributed by atoms with Gasteiger partial charge >= 0.3 is 0 Å². The summed E-state index contributed by atoms with van der Waals surface area (Å²) in [5, 5.41) is 11.6. The second-order valence-electron chi connectivity index (χ2n) is 4.74. The second-order valence-corrected chi connectivity index (χ2v) is 6.30. The van der Waals surface area contributed by atoms with Crippen LogP contribution in [-0.4, -0.2) is 33.3 Å². The number of nitro benzene ring substituents is 1. The molecule has 2 rings (SSSR count). The first-order valence-corrected chi connectivity index (χ1v) is 9.01. The zero-order valence-corrected chi connectivity index (χ0v) is 15.2. The largest absolute Gasteiger partial charge is 0.333 e. The van der Waals surface area contributed by atoms with Crippen LogP contribution in [-0.2, 0) is 10.0 Å². The van der Waals surface area contributed by atoms with E-state index in [4.69, 9.17) is 0 Å². The number of non-ortho nitro benzene ring substituents is 1. The summed E-state index contributed by atoms with van der Waals surface area (Å²) in [5.41, 5.74) is 5.62. The van der Waals surface area contributed by atoms with Crippen LogP contribution in [0.2, 0.25) is 0 Å². The average molecular weight is 376 g/mol. The fourth-order valence-electron chi connectivity index (χ4n) is 1.87. The molecule has 0 aliphatic rings. The van der Waals surface area contributed by atoms with Crippen LogP contribution >= 0.6 is 0 Å². The summed E-state index contributed by atoms with van der Waals surface area (Å²) in [6.45, 7) is 0. The van der Waals surface area contributed by atoms with E-state index in [9.17, 15) is 18.5 Å². The Labute approximate surface area is 152 Å². The van der Waals surface area contributed by atoms with Gasteiger partial charge in [-0.1, -0.05) is 30.3 Å². The predicted octanol–water partition coefficient (Wildman–Crippen LogP) is 2.14.